The second-order valence-corrected chi connectivity index (χ2v) is 3.88. The maximum Gasteiger partial charge on any atom is 0.311 e. The van der Waals surface area contributed by atoms with Crippen LogP contribution in [0.2, 0.25) is 0 Å². The lowest BCUT2D eigenvalue weighted by atomic mass is 10.2. The molecule has 0 heterocycles. The highest BCUT2D eigenvalue weighted by Gasteiger charge is 2.15. The van der Waals surface area contributed by atoms with Gasteiger partial charge in [-0.1, -0.05) is 12.1 Å². The van der Waals surface area contributed by atoms with Crippen LogP contribution in [0.15, 0.2) is 42.5 Å². The minimum Gasteiger partial charge on any atom is -0.496 e. The summed E-state index contributed by atoms with van der Waals surface area (Å²) in [5, 5.41) is 10.9. The van der Waals surface area contributed by atoms with E-state index in [0.29, 0.717) is 17.2 Å². The smallest absolute Gasteiger partial charge is 0.311 e. The zero-order valence-electron chi connectivity index (χ0n) is 11.0. The number of nitrogens with zero attached hydrogens (tertiary/aromatic N) is 1. The Morgan fingerprint density at radius 2 is 1.50 bits per heavy atom. The number of methoxy groups -OCH3 is 2. The fraction of sp³-hybridized carbons (Fsp3) is 0.143. The Hall–Kier alpha value is -2.76. The molecule has 0 spiro atoms. The van der Waals surface area contributed by atoms with Gasteiger partial charge in [-0.25, -0.2) is 0 Å². The molecule has 20 heavy (non-hydrogen) atoms. The first-order valence-electron chi connectivity index (χ1n) is 5.78. The summed E-state index contributed by atoms with van der Waals surface area (Å²) in [7, 11) is 3.03. The third-order valence-corrected chi connectivity index (χ3v) is 2.61. The lowest BCUT2D eigenvalue weighted by molar-refractivity contribution is -0.385. The van der Waals surface area contributed by atoms with Crippen molar-refractivity contribution in [2.75, 3.05) is 14.2 Å². The molecule has 0 aliphatic rings. The van der Waals surface area contributed by atoms with Crippen molar-refractivity contribution in [2.45, 2.75) is 0 Å². The van der Waals surface area contributed by atoms with Crippen LogP contribution in [0.25, 0.3) is 0 Å². The molecule has 0 amide bonds. The lowest BCUT2D eigenvalue weighted by Crippen LogP contribution is -1.94. The number of nitro groups is 1. The van der Waals surface area contributed by atoms with Gasteiger partial charge in [-0.3, -0.25) is 10.1 Å². The van der Waals surface area contributed by atoms with Gasteiger partial charge >= 0.3 is 5.69 Å². The molecule has 0 atom stereocenters. The van der Waals surface area contributed by atoms with Crippen molar-refractivity contribution >= 4 is 5.69 Å². The van der Waals surface area contributed by atoms with Crippen LogP contribution in [0.4, 0.5) is 5.69 Å². The molecule has 0 saturated carbocycles. The van der Waals surface area contributed by atoms with Crippen molar-refractivity contribution in [1.29, 1.82) is 0 Å². The van der Waals surface area contributed by atoms with Gasteiger partial charge in [0.2, 0.25) is 5.75 Å². The molecule has 0 radical (unpaired) electrons. The topological polar surface area (TPSA) is 70.8 Å². The van der Waals surface area contributed by atoms with Crippen LogP contribution in [-0.4, -0.2) is 19.1 Å². The molecule has 0 aliphatic heterocycles. The summed E-state index contributed by atoms with van der Waals surface area (Å²) in [6.45, 7) is 0. The Kier molecular flexibility index (Phi) is 4.05. The monoisotopic (exact) mass is 275 g/mol. The van der Waals surface area contributed by atoms with Crippen LogP contribution >= 0.6 is 0 Å². The number of hydrogen-bond donors (Lipinski definition) is 0. The van der Waals surface area contributed by atoms with E-state index in [1.807, 2.05) is 0 Å². The Bertz CT molecular complexity index is 604. The van der Waals surface area contributed by atoms with E-state index < -0.39 is 4.92 Å². The summed E-state index contributed by atoms with van der Waals surface area (Å²) in [5.74, 6) is 1.64. The van der Waals surface area contributed by atoms with Gasteiger partial charge in [0, 0.05) is 24.3 Å². The molecule has 0 aromatic heterocycles. The average Bonchev–Trinajstić information content (AvgIpc) is 2.47. The van der Waals surface area contributed by atoms with Gasteiger partial charge in [0.15, 0.2) is 0 Å². The number of para-hydroxylation sites is 2. The summed E-state index contributed by atoms with van der Waals surface area (Å²) >= 11 is 0. The summed E-state index contributed by atoms with van der Waals surface area (Å²) in [6.07, 6.45) is 0. The van der Waals surface area contributed by atoms with Gasteiger partial charge in [-0.15, -0.1) is 0 Å². The summed E-state index contributed by atoms with van der Waals surface area (Å²) in [6, 6.07) is 11.1. The molecule has 0 unspecified atom stereocenters. The highest BCUT2D eigenvalue weighted by atomic mass is 16.6. The third kappa shape index (κ3) is 2.97. The molecule has 0 saturated heterocycles. The predicted molar refractivity (Wildman–Crippen MR) is 72.7 cm³/mol. The third-order valence-electron chi connectivity index (χ3n) is 2.61. The predicted octanol–water partition coefficient (Wildman–Crippen LogP) is 3.40. The van der Waals surface area contributed by atoms with Gasteiger partial charge < -0.3 is 14.2 Å². The minimum absolute atomic E-state index is 0.103. The molecule has 0 bridgehead atoms. The first kappa shape index (κ1) is 13.7. The summed E-state index contributed by atoms with van der Waals surface area (Å²) in [4.78, 5) is 10.4. The van der Waals surface area contributed by atoms with E-state index in [1.54, 1.807) is 30.3 Å². The average molecular weight is 275 g/mol. The largest absolute Gasteiger partial charge is 0.496 e. The van der Waals surface area contributed by atoms with Crippen LogP contribution < -0.4 is 14.2 Å². The molecule has 2 aromatic rings. The molecular formula is C14H13NO5. The number of hydrogen-bond acceptors (Lipinski definition) is 5. The van der Waals surface area contributed by atoms with E-state index in [0.717, 1.165) is 0 Å². The SMILES string of the molecule is COc1cc(OC)cc(Oc2ccccc2[N+](=O)[O-])c1. The zero-order valence-corrected chi connectivity index (χ0v) is 11.0. The lowest BCUT2D eigenvalue weighted by Gasteiger charge is -2.10. The van der Waals surface area contributed by atoms with E-state index in [2.05, 4.69) is 0 Å². The second kappa shape index (κ2) is 5.92. The normalized spacial score (nSPS) is 9.90. The van der Waals surface area contributed by atoms with Crippen molar-refractivity contribution in [3.8, 4) is 23.0 Å². The maximum atomic E-state index is 10.9. The number of rotatable bonds is 5. The van der Waals surface area contributed by atoms with E-state index in [4.69, 9.17) is 14.2 Å². The molecule has 0 aliphatic carbocycles. The van der Waals surface area contributed by atoms with Gasteiger partial charge in [-0.2, -0.15) is 0 Å². The van der Waals surface area contributed by atoms with Gasteiger partial charge in [0.25, 0.3) is 0 Å². The van der Waals surface area contributed by atoms with Crippen LogP contribution in [0.1, 0.15) is 0 Å². The Balaban J connectivity index is 2.37. The number of ether oxygens (including phenoxy) is 3. The van der Waals surface area contributed by atoms with Gasteiger partial charge in [-0.05, 0) is 6.07 Å². The van der Waals surface area contributed by atoms with Gasteiger partial charge in [0.05, 0.1) is 19.1 Å². The van der Waals surface area contributed by atoms with Crippen LogP contribution in [0.3, 0.4) is 0 Å². The van der Waals surface area contributed by atoms with E-state index in [1.165, 1.54) is 26.4 Å². The zero-order chi connectivity index (χ0) is 14.5. The minimum atomic E-state index is -0.493. The highest BCUT2D eigenvalue weighted by Crippen LogP contribution is 2.34. The van der Waals surface area contributed by atoms with Crippen molar-refractivity contribution in [1.82, 2.24) is 0 Å². The molecule has 6 heteroatoms. The van der Waals surface area contributed by atoms with Crippen LogP contribution in [0.5, 0.6) is 23.0 Å². The van der Waals surface area contributed by atoms with Crippen molar-refractivity contribution < 1.29 is 19.1 Å². The summed E-state index contributed by atoms with van der Waals surface area (Å²) < 4.78 is 15.8. The molecule has 104 valence electrons. The van der Waals surface area contributed by atoms with Crippen LogP contribution in [0, 0.1) is 10.1 Å². The first-order chi connectivity index (χ1) is 9.63. The summed E-state index contributed by atoms with van der Waals surface area (Å²) in [5.41, 5.74) is -0.103. The Morgan fingerprint density at radius 1 is 0.950 bits per heavy atom. The second-order valence-electron chi connectivity index (χ2n) is 3.88. The highest BCUT2D eigenvalue weighted by molar-refractivity contribution is 5.50. The maximum absolute atomic E-state index is 10.9. The number of nitro benzene ring substituents is 1. The van der Waals surface area contributed by atoms with Crippen LogP contribution in [-0.2, 0) is 0 Å². The standard InChI is InChI=1S/C14H13NO5/c1-18-10-7-11(19-2)9-12(8-10)20-14-6-4-3-5-13(14)15(16)17/h3-9H,1-2H3. The Morgan fingerprint density at radius 3 is 2.05 bits per heavy atom. The molecule has 2 aromatic carbocycles. The quantitative estimate of drug-likeness (QED) is 0.617. The van der Waals surface area contributed by atoms with E-state index >= 15 is 0 Å². The van der Waals surface area contributed by atoms with Crippen molar-refractivity contribution in [3.63, 3.8) is 0 Å². The van der Waals surface area contributed by atoms with E-state index in [-0.39, 0.29) is 11.4 Å². The fourth-order valence-electron chi connectivity index (χ4n) is 1.66. The Labute approximate surface area is 115 Å². The number of benzene rings is 2. The molecule has 0 fully saturated rings. The first-order valence-corrected chi connectivity index (χ1v) is 5.78. The van der Waals surface area contributed by atoms with E-state index in [9.17, 15) is 10.1 Å². The molecular weight excluding hydrogens is 262 g/mol. The molecule has 2 rings (SSSR count). The molecule has 0 N–H and O–H groups in total. The van der Waals surface area contributed by atoms with Crippen molar-refractivity contribution in [3.05, 3.63) is 52.6 Å². The molecule has 6 nitrogen and oxygen atoms in total. The van der Waals surface area contributed by atoms with Gasteiger partial charge in [0.1, 0.15) is 17.2 Å². The fourth-order valence-corrected chi connectivity index (χ4v) is 1.66. The van der Waals surface area contributed by atoms with Crippen molar-refractivity contribution in [2.24, 2.45) is 0 Å².